The molecule has 0 bridgehead atoms. The van der Waals surface area contributed by atoms with E-state index < -0.39 is 0 Å². The Bertz CT molecular complexity index is 450. The van der Waals surface area contributed by atoms with Crippen LogP contribution in [0.5, 0.6) is 0 Å². The Kier molecular flexibility index (Phi) is 4.70. The molecule has 1 aromatic carbocycles. The van der Waals surface area contributed by atoms with Crippen LogP contribution in [0.1, 0.15) is 33.1 Å². The first-order valence-corrected chi connectivity index (χ1v) is 7.27. The zero-order chi connectivity index (χ0) is 13.8. The Morgan fingerprint density at radius 3 is 2.84 bits per heavy atom. The van der Waals surface area contributed by atoms with E-state index in [2.05, 4.69) is 24.5 Å². The smallest absolute Gasteiger partial charge is 0.319 e. The molecule has 3 nitrogen and oxygen atoms in total. The number of amides is 2. The summed E-state index contributed by atoms with van der Waals surface area (Å²) in [6.07, 6.45) is 3.51. The summed E-state index contributed by atoms with van der Waals surface area (Å²) in [6, 6.07) is 7.31. The van der Waals surface area contributed by atoms with Gasteiger partial charge in [-0.05, 0) is 36.5 Å². The van der Waals surface area contributed by atoms with Crippen molar-refractivity contribution >= 4 is 23.3 Å². The molecule has 4 heteroatoms. The van der Waals surface area contributed by atoms with Gasteiger partial charge in [0.2, 0.25) is 0 Å². The van der Waals surface area contributed by atoms with Crippen LogP contribution in [0.3, 0.4) is 0 Å². The molecular weight excluding hydrogens is 260 g/mol. The molecule has 0 radical (unpaired) electrons. The first-order valence-electron chi connectivity index (χ1n) is 6.89. The fraction of sp³-hybridized carbons (Fsp3) is 0.533. The van der Waals surface area contributed by atoms with Gasteiger partial charge in [-0.3, -0.25) is 0 Å². The highest BCUT2D eigenvalue weighted by Crippen LogP contribution is 2.29. The zero-order valence-corrected chi connectivity index (χ0v) is 12.2. The number of urea groups is 1. The second-order valence-electron chi connectivity index (χ2n) is 5.48. The lowest BCUT2D eigenvalue weighted by Crippen LogP contribution is -2.45. The van der Waals surface area contributed by atoms with E-state index in [1.807, 2.05) is 12.1 Å². The second-order valence-corrected chi connectivity index (χ2v) is 5.92. The first kappa shape index (κ1) is 14.2. The Labute approximate surface area is 119 Å². The van der Waals surface area contributed by atoms with Crippen LogP contribution in [0, 0.1) is 11.8 Å². The third-order valence-electron chi connectivity index (χ3n) is 4.11. The van der Waals surface area contributed by atoms with Crippen molar-refractivity contribution in [3.63, 3.8) is 0 Å². The Morgan fingerprint density at radius 2 is 2.11 bits per heavy atom. The molecule has 1 aliphatic carbocycles. The predicted octanol–water partition coefficient (Wildman–Crippen LogP) is 4.29. The molecule has 0 aromatic heterocycles. The first-order chi connectivity index (χ1) is 9.06. The van der Waals surface area contributed by atoms with Crippen LogP contribution in [0.4, 0.5) is 10.5 Å². The van der Waals surface area contributed by atoms with Crippen LogP contribution in [0.2, 0.25) is 5.02 Å². The minimum absolute atomic E-state index is 0.145. The van der Waals surface area contributed by atoms with E-state index in [1.54, 1.807) is 12.1 Å². The molecule has 1 aliphatic rings. The van der Waals surface area contributed by atoms with Crippen molar-refractivity contribution in [3.05, 3.63) is 29.3 Å². The number of anilines is 1. The quantitative estimate of drug-likeness (QED) is 0.834. The summed E-state index contributed by atoms with van der Waals surface area (Å²) in [4.78, 5) is 12.0. The topological polar surface area (TPSA) is 41.1 Å². The Balaban J connectivity index is 1.90. The van der Waals surface area contributed by atoms with E-state index in [1.165, 1.54) is 12.8 Å². The van der Waals surface area contributed by atoms with Crippen molar-refractivity contribution in [1.29, 1.82) is 0 Å². The maximum absolute atomic E-state index is 12.0. The lowest BCUT2D eigenvalue weighted by atomic mass is 9.78. The predicted molar refractivity (Wildman–Crippen MR) is 79.6 cm³/mol. The lowest BCUT2D eigenvalue weighted by molar-refractivity contribution is 0.201. The molecule has 0 spiro atoms. The highest BCUT2D eigenvalue weighted by molar-refractivity contribution is 6.30. The van der Waals surface area contributed by atoms with Crippen LogP contribution >= 0.6 is 11.6 Å². The molecule has 1 fully saturated rings. The van der Waals surface area contributed by atoms with Crippen molar-refractivity contribution in [1.82, 2.24) is 5.32 Å². The molecule has 19 heavy (non-hydrogen) atoms. The van der Waals surface area contributed by atoms with Gasteiger partial charge in [-0.15, -0.1) is 0 Å². The monoisotopic (exact) mass is 280 g/mol. The number of carbonyl (C=O) groups is 1. The van der Waals surface area contributed by atoms with E-state index in [0.29, 0.717) is 16.9 Å². The van der Waals surface area contributed by atoms with Crippen molar-refractivity contribution in [2.45, 2.75) is 39.2 Å². The Morgan fingerprint density at radius 1 is 1.32 bits per heavy atom. The minimum Gasteiger partial charge on any atom is -0.335 e. The van der Waals surface area contributed by atoms with Gasteiger partial charge in [0.1, 0.15) is 0 Å². The van der Waals surface area contributed by atoms with Crippen molar-refractivity contribution in [2.24, 2.45) is 11.8 Å². The normalized spacial score (nSPS) is 26.8. The third-order valence-corrected chi connectivity index (χ3v) is 4.34. The maximum Gasteiger partial charge on any atom is 0.319 e. The molecular formula is C15H21ClN2O. The number of hydrogen-bond donors (Lipinski definition) is 2. The standard InChI is InChI=1S/C15H21ClN2O/c1-10-5-3-8-14(11(10)2)18-15(19)17-13-7-4-6-12(16)9-13/h4,6-7,9-11,14H,3,5,8H2,1-2H3,(H2,17,18,19)/t10-,11+,14-/m1/s1. The average molecular weight is 281 g/mol. The molecule has 1 aromatic rings. The molecule has 1 saturated carbocycles. The van der Waals surface area contributed by atoms with Gasteiger partial charge < -0.3 is 10.6 Å². The molecule has 0 heterocycles. The molecule has 0 unspecified atom stereocenters. The number of hydrogen-bond acceptors (Lipinski definition) is 1. The van der Waals surface area contributed by atoms with E-state index in [9.17, 15) is 4.79 Å². The van der Waals surface area contributed by atoms with Gasteiger partial charge in [0, 0.05) is 16.8 Å². The van der Waals surface area contributed by atoms with Gasteiger partial charge in [-0.25, -0.2) is 4.79 Å². The third kappa shape index (κ3) is 3.87. The highest BCUT2D eigenvalue weighted by atomic mass is 35.5. The summed E-state index contributed by atoms with van der Waals surface area (Å²) in [6.45, 7) is 4.47. The number of nitrogens with one attached hydrogen (secondary N) is 2. The molecule has 2 N–H and O–H groups in total. The average Bonchev–Trinajstić information content (AvgIpc) is 2.35. The largest absolute Gasteiger partial charge is 0.335 e. The van der Waals surface area contributed by atoms with Crippen LogP contribution in [0.15, 0.2) is 24.3 Å². The number of halogens is 1. The van der Waals surface area contributed by atoms with Gasteiger partial charge in [-0.1, -0.05) is 44.4 Å². The fourth-order valence-corrected chi connectivity index (χ4v) is 2.88. The van der Waals surface area contributed by atoms with E-state index in [4.69, 9.17) is 11.6 Å². The summed E-state index contributed by atoms with van der Waals surface area (Å²) in [5.74, 6) is 1.20. The zero-order valence-electron chi connectivity index (χ0n) is 11.4. The van der Waals surface area contributed by atoms with Crippen molar-refractivity contribution in [2.75, 3.05) is 5.32 Å². The van der Waals surface area contributed by atoms with Crippen molar-refractivity contribution < 1.29 is 4.79 Å². The summed E-state index contributed by atoms with van der Waals surface area (Å²) >= 11 is 5.89. The molecule has 2 rings (SSSR count). The lowest BCUT2D eigenvalue weighted by Gasteiger charge is -2.34. The van der Waals surface area contributed by atoms with Crippen LogP contribution < -0.4 is 10.6 Å². The summed E-state index contributed by atoms with van der Waals surface area (Å²) in [5, 5.41) is 6.53. The summed E-state index contributed by atoms with van der Waals surface area (Å²) < 4.78 is 0. The molecule has 2 amide bonds. The summed E-state index contributed by atoms with van der Waals surface area (Å²) in [5.41, 5.74) is 0.724. The van der Waals surface area contributed by atoms with Crippen LogP contribution in [-0.2, 0) is 0 Å². The minimum atomic E-state index is -0.145. The number of carbonyl (C=O) groups excluding carboxylic acids is 1. The van der Waals surface area contributed by atoms with Gasteiger partial charge in [0.15, 0.2) is 0 Å². The fourth-order valence-electron chi connectivity index (χ4n) is 2.69. The van der Waals surface area contributed by atoms with E-state index in [0.717, 1.165) is 12.1 Å². The molecule has 0 aliphatic heterocycles. The summed E-state index contributed by atoms with van der Waals surface area (Å²) in [7, 11) is 0. The molecule has 3 atom stereocenters. The van der Waals surface area contributed by atoms with Crippen LogP contribution in [0.25, 0.3) is 0 Å². The second kappa shape index (κ2) is 6.29. The van der Waals surface area contributed by atoms with Gasteiger partial charge in [-0.2, -0.15) is 0 Å². The highest BCUT2D eigenvalue weighted by Gasteiger charge is 2.28. The molecule has 104 valence electrons. The SMILES string of the molecule is C[C@H]1[C@H](C)CCC[C@H]1NC(=O)Nc1cccc(Cl)c1. The Hall–Kier alpha value is -1.22. The van der Waals surface area contributed by atoms with E-state index in [-0.39, 0.29) is 12.1 Å². The maximum atomic E-state index is 12.0. The number of benzene rings is 1. The van der Waals surface area contributed by atoms with Crippen LogP contribution in [-0.4, -0.2) is 12.1 Å². The van der Waals surface area contributed by atoms with Gasteiger partial charge in [0.25, 0.3) is 0 Å². The number of rotatable bonds is 2. The molecule has 0 saturated heterocycles. The van der Waals surface area contributed by atoms with Crippen molar-refractivity contribution in [3.8, 4) is 0 Å². The van der Waals surface area contributed by atoms with Gasteiger partial charge >= 0.3 is 6.03 Å². The van der Waals surface area contributed by atoms with Gasteiger partial charge in [0.05, 0.1) is 0 Å². The van der Waals surface area contributed by atoms with E-state index >= 15 is 0 Å².